The maximum atomic E-state index is 14.0. The maximum absolute atomic E-state index is 14.0. The minimum Gasteiger partial charge on any atom is -0.326 e. The van der Waals surface area contributed by atoms with Crippen molar-refractivity contribution in [3.8, 4) is 0 Å². The van der Waals surface area contributed by atoms with Gasteiger partial charge in [0, 0.05) is 18.3 Å². The van der Waals surface area contributed by atoms with Crippen LogP contribution in [0.5, 0.6) is 0 Å². The van der Waals surface area contributed by atoms with Gasteiger partial charge < -0.3 is 9.88 Å². The average molecular weight is 310 g/mol. The van der Waals surface area contributed by atoms with Crippen LogP contribution in [0, 0.1) is 18.7 Å². The number of nitrogens with one attached hydrogen (secondary N) is 1. The fraction of sp³-hybridized carbons (Fsp3) is 0.438. The van der Waals surface area contributed by atoms with Crippen molar-refractivity contribution in [1.82, 2.24) is 14.9 Å². The SMILES string of the molecule is Cc1ncc(CNCC(C)C)n1Cc1cccc(Cl)c1F. The summed E-state index contributed by atoms with van der Waals surface area (Å²) in [5.74, 6) is 1.11. The fourth-order valence-electron chi connectivity index (χ4n) is 2.20. The van der Waals surface area contributed by atoms with Crippen LogP contribution in [0.3, 0.4) is 0 Å². The normalized spacial score (nSPS) is 11.3. The van der Waals surface area contributed by atoms with Gasteiger partial charge in [-0.25, -0.2) is 9.37 Å². The molecule has 0 aliphatic carbocycles. The van der Waals surface area contributed by atoms with Crippen molar-refractivity contribution < 1.29 is 4.39 Å². The number of halogens is 2. The topological polar surface area (TPSA) is 29.9 Å². The summed E-state index contributed by atoms with van der Waals surface area (Å²) in [4.78, 5) is 4.33. The highest BCUT2D eigenvalue weighted by molar-refractivity contribution is 6.30. The quantitative estimate of drug-likeness (QED) is 0.880. The van der Waals surface area contributed by atoms with Crippen LogP contribution in [0.2, 0.25) is 5.02 Å². The monoisotopic (exact) mass is 309 g/mol. The van der Waals surface area contributed by atoms with Crippen LogP contribution >= 0.6 is 11.6 Å². The van der Waals surface area contributed by atoms with Crippen LogP contribution < -0.4 is 5.32 Å². The lowest BCUT2D eigenvalue weighted by atomic mass is 10.2. The molecule has 1 aromatic heterocycles. The van der Waals surface area contributed by atoms with Gasteiger partial charge in [0.15, 0.2) is 0 Å². The van der Waals surface area contributed by atoms with Crippen molar-refractivity contribution in [2.45, 2.75) is 33.9 Å². The molecule has 0 saturated carbocycles. The van der Waals surface area contributed by atoms with Crippen molar-refractivity contribution in [3.05, 3.63) is 52.3 Å². The maximum Gasteiger partial charge on any atom is 0.146 e. The largest absolute Gasteiger partial charge is 0.326 e. The van der Waals surface area contributed by atoms with Crippen LogP contribution in [-0.2, 0) is 13.1 Å². The molecule has 1 aromatic carbocycles. The molecule has 0 atom stereocenters. The Hall–Kier alpha value is -1.39. The van der Waals surface area contributed by atoms with Gasteiger partial charge in [0.1, 0.15) is 11.6 Å². The van der Waals surface area contributed by atoms with Gasteiger partial charge in [-0.05, 0) is 25.5 Å². The summed E-state index contributed by atoms with van der Waals surface area (Å²) in [6.07, 6.45) is 1.84. The van der Waals surface area contributed by atoms with E-state index in [1.165, 1.54) is 0 Å². The predicted molar refractivity (Wildman–Crippen MR) is 84.0 cm³/mol. The third-order valence-corrected chi connectivity index (χ3v) is 3.65. The molecule has 0 bridgehead atoms. The molecular formula is C16H21ClFN3. The molecule has 0 saturated heterocycles. The molecule has 114 valence electrons. The van der Waals surface area contributed by atoms with Gasteiger partial charge >= 0.3 is 0 Å². The third kappa shape index (κ3) is 4.05. The lowest BCUT2D eigenvalue weighted by Gasteiger charge is -2.13. The van der Waals surface area contributed by atoms with E-state index in [2.05, 4.69) is 24.1 Å². The Balaban J connectivity index is 2.16. The minimum atomic E-state index is -0.353. The van der Waals surface area contributed by atoms with E-state index in [1.54, 1.807) is 18.2 Å². The van der Waals surface area contributed by atoms with Gasteiger partial charge in [-0.15, -0.1) is 0 Å². The summed E-state index contributed by atoms with van der Waals surface area (Å²) < 4.78 is 16.0. The zero-order valence-corrected chi connectivity index (χ0v) is 13.4. The highest BCUT2D eigenvalue weighted by Crippen LogP contribution is 2.20. The van der Waals surface area contributed by atoms with E-state index in [4.69, 9.17) is 11.6 Å². The van der Waals surface area contributed by atoms with Gasteiger partial charge in [-0.3, -0.25) is 0 Å². The predicted octanol–water partition coefficient (Wildman–Crippen LogP) is 3.78. The Bertz CT molecular complexity index is 608. The molecule has 3 nitrogen and oxygen atoms in total. The first-order valence-corrected chi connectivity index (χ1v) is 7.51. The number of nitrogens with zero attached hydrogens (tertiary/aromatic N) is 2. The summed E-state index contributed by atoms with van der Waals surface area (Å²) in [5.41, 5.74) is 1.63. The first-order chi connectivity index (χ1) is 9.99. The Labute approximate surface area is 130 Å². The van der Waals surface area contributed by atoms with E-state index >= 15 is 0 Å². The molecule has 0 fully saturated rings. The van der Waals surface area contributed by atoms with Crippen LogP contribution in [0.15, 0.2) is 24.4 Å². The molecule has 1 N–H and O–H groups in total. The molecule has 2 aromatic rings. The lowest BCUT2D eigenvalue weighted by molar-refractivity contribution is 0.534. The standard InChI is InChI=1S/C16H21ClFN3/c1-11(2)7-19-8-14-9-20-12(3)21(14)10-13-5-4-6-15(17)16(13)18/h4-6,9,11,19H,7-8,10H2,1-3H3. The van der Waals surface area contributed by atoms with E-state index in [0.29, 0.717) is 18.0 Å². The molecule has 0 spiro atoms. The third-order valence-electron chi connectivity index (χ3n) is 3.36. The Morgan fingerprint density at radius 3 is 2.86 bits per heavy atom. The van der Waals surface area contributed by atoms with Crippen molar-refractivity contribution in [2.75, 3.05) is 6.54 Å². The zero-order valence-electron chi connectivity index (χ0n) is 12.7. The molecule has 0 aliphatic heterocycles. The van der Waals surface area contributed by atoms with Crippen molar-refractivity contribution in [1.29, 1.82) is 0 Å². The molecule has 0 aliphatic rings. The summed E-state index contributed by atoms with van der Waals surface area (Å²) in [5, 5.41) is 3.54. The summed E-state index contributed by atoms with van der Waals surface area (Å²) in [6.45, 7) is 8.36. The highest BCUT2D eigenvalue weighted by Gasteiger charge is 2.11. The van der Waals surface area contributed by atoms with Crippen LogP contribution in [0.4, 0.5) is 4.39 Å². The van der Waals surface area contributed by atoms with E-state index in [9.17, 15) is 4.39 Å². The van der Waals surface area contributed by atoms with Gasteiger partial charge in [0.05, 0.1) is 17.3 Å². The van der Waals surface area contributed by atoms with E-state index in [1.807, 2.05) is 17.7 Å². The van der Waals surface area contributed by atoms with Gasteiger partial charge in [0.2, 0.25) is 0 Å². The van der Waals surface area contributed by atoms with Gasteiger partial charge in [0.25, 0.3) is 0 Å². The van der Waals surface area contributed by atoms with Crippen LogP contribution in [-0.4, -0.2) is 16.1 Å². The number of imidazole rings is 1. The molecule has 21 heavy (non-hydrogen) atoms. The average Bonchev–Trinajstić information content (AvgIpc) is 2.76. The van der Waals surface area contributed by atoms with Crippen molar-refractivity contribution in [2.24, 2.45) is 5.92 Å². The van der Waals surface area contributed by atoms with Crippen molar-refractivity contribution >= 4 is 11.6 Å². The highest BCUT2D eigenvalue weighted by atomic mass is 35.5. The molecule has 2 rings (SSSR count). The fourth-order valence-corrected chi connectivity index (χ4v) is 2.40. The van der Waals surface area contributed by atoms with Gasteiger partial charge in [-0.2, -0.15) is 0 Å². The van der Waals surface area contributed by atoms with Gasteiger partial charge in [-0.1, -0.05) is 37.6 Å². The Kier molecular flexibility index (Phi) is 5.37. The number of aromatic nitrogens is 2. The summed E-state index contributed by atoms with van der Waals surface area (Å²) in [7, 11) is 0. The second-order valence-electron chi connectivity index (χ2n) is 5.62. The molecule has 5 heteroatoms. The van der Waals surface area contributed by atoms with Crippen LogP contribution in [0.1, 0.15) is 30.9 Å². The second kappa shape index (κ2) is 7.05. The lowest BCUT2D eigenvalue weighted by Crippen LogP contribution is -2.21. The number of rotatable bonds is 6. The minimum absolute atomic E-state index is 0.157. The molecule has 0 unspecified atom stereocenters. The Morgan fingerprint density at radius 1 is 1.38 bits per heavy atom. The molecular weight excluding hydrogens is 289 g/mol. The Morgan fingerprint density at radius 2 is 2.14 bits per heavy atom. The second-order valence-corrected chi connectivity index (χ2v) is 6.03. The smallest absolute Gasteiger partial charge is 0.146 e. The number of benzene rings is 1. The first kappa shape index (κ1) is 16.0. The van der Waals surface area contributed by atoms with E-state index < -0.39 is 0 Å². The number of aryl methyl sites for hydroxylation is 1. The first-order valence-electron chi connectivity index (χ1n) is 7.13. The zero-order chi connectivity index (χ0) is 15.4. The van der Waals surface area contributed by atoms with E-state index in [0.717, 1.165) is 24.6 Å². The number of hydrogen-bond acceptors (Lipinski definition) is 2. The number of hydrogen-bond donors (Lipinski definition) is 1. The molecule has 1 heterocycles. The van der Waals surface area contributed by atoms with E-state index in [-0.39, 0.29) is 10.8 Å². The molecule has 0 radical (unpaired) electrons. The molecule has 0 amide bonds. The summed E-state index contributed by atoms with van der Waals surface area (Å²) in [6, 6.07) is 5.09. The van der Waals surface area contributed by atoms with Crippen molar-refractivity contribution in [3.63, 3.8) is 0 Å². The van der Waals surface area contributed by atoms with Crippen LogP contribution in [0.25, 0.3) is 0 Å². The summed E-state index contributed by atoms with van der Waals surface area (Å²) >= 11 is 5.84.